The van der Waals surface area contributed by atoms with Gasteiger partial charge in [0.15, 0.2) is 5.82 Å². The Balaban J connectivity index is 1.72. The van der Waals surface area contributed by atoms with E-state index in [0.717, 1.165) is 16.7 Å². The predicted octanol–water partition coefficient (Wildman–Crippen LogP) is 5.19. The number of rotatable bonds is 5. The third-order valence-corrected chi connectivity index (χ3v) is 4.67. The van der Waals surface area contributed by atoms with E-state index in [1.807, 2.05) is 60.7 Å². The van der Waals surface area contributed by atoms with Gasteiger partial charge in [-0.15, -0.1) is 0 Å². The molecule has 5 nitrogen and oxygen atoms in total. The number of benzene rings is 3. The summed E-state index contributed by atoms with van der Waals surface area (Å²) >= 11 is 0. The van der Waals surface area contributed by atoms with Gasteiger partial charge in [-0.25, -0.2) is 0 Å². The van der Waals surface area contributed by atoms with E-state index in [1.165, 1.54) is 0 Å². The normalized spacial score (nSPS) is 11.1. The molecular formula is C25H16N4O. The average Bonchev–Trinajstić information content (AvgIpc) is 3.29. The van der Waals surface area contributed by atoms with Crippen LogP contribution in [0.3, 0.4) is 0 Å². The van der Waals surface area contributed by atoms with Crippen LogP contribution in [0, 0.1) is 22.7 Å². The Labute approximate surface area is 174 Å². The Morgan fingerprint density at radius 3 is 1.97 bits per heavy atom. The Kier molecular flexibility index (Phi) is 5.46. The maximum atomic E-state index is 9.63. The number of nitrogens with zero attached hydrogens (tertiary/aromatic N) is 4. The van der Waals surface area contributed by atoms with E-state index in [4.69, 9.17) is 9.78 Å². The van der Waals surface area contributed by atoms with Gasteiger partial charge >= 0.3 is 0 Å². The Hall–Kier alpha value is -4.48. The van der Waals surface area contributed by atoms with Crippen molar-refractivity contribution in [2.45, 2.75) is 5.92 Å². The third-order valence-electron chi connectivity index (χ3n) is 4.67. The van der Waals surface area contributed by atoms with Crippen molar-refractivity contribution in [1.29, 1.82) is 10.5 Å². The molecule has 0 saturated heterocycles. The first-order valence-electron chi connectivity index (χ1n) is 9.34. The molecule has 4 rings (SSSR count). The van der Waals surface area contributed by atoms with Crippen molar-refractivity contribution < 1.29 is 4.52 Å². The van der Waals surface area contributed by atoms with Gasteiger partial charge in [0.2, 0.25) is 0 Å². The maximum absolute atomic E-state index is 9.63. The second kappa shape index (κ2) is 8.68. The number of aromatic nitrogens is 2. The van der Waals surface area contributed by atoms with Gasteiger partial charge in [0.1, 0.15) is 11.6 Å². The quantitative estimate of drug-likeness (QED) is 0.439. The molecule has 0 amide bonds. The Bertz CT molecular complexity index is 1210. The summed E-state index contributed by atoms with van der Waals surface area (Å²) < 4.78 is 5.45. The van der Waals surface area contributed by atoms with E-state index in [9.17, 15) is 5.26 Å². The molecule has 0 bridgehead atoms. The summed E-state index contributed by atoms with van der Waals surface area (Å²) in [5.41, 5.74) is 3.65. The number of hydrogen-bond acceptors (Lipinski definition) is 5. The first-order valence-corrected chi connectivity index (χ1v) is 9.34. The van der Waals surface area contributed by atoms with Crippen LogP contribution < -0.4 is 0 Å². The monoisotopic (exact) mass is 388 g/mol. The van der Waals surface area contributed by atoms with Crippen LogP contribution >= 0.6 is 0 Å². The minimum absolute atomic E-state index is 0.161. The molecule has 0 atom stereocenters. The highest BCUT2D eigenvalue weighted by molar-refractivity contribution is 5.86. The van der Waals surface area contributed by atoms with E-state index in [1.54, 1.807) is 30.3 Å². The van der Waals surface area contributed by atoms with Crippen molar-refractivity contribution in [2.24, 2.45) is 0 Å². The molecule has 0 fully saturated rings. The van der Waals surface area contributed by atoms with Crippen LogP contribution in [0.4, 0.5) is 0 Å². The second-order valence-electron chi connectivity index (χ2n) is 6.62. The fourth-order valence-corrected chi connectivity index (χ4v) is 3.21. The molecule has 0 aliphatic carbocycles. The van der Waals surface area contributed by atoms with Crippen LogP contribution in [-0.4, -0.2) is 10.1 Å². The number of allylic oxidation sites excluding steroid dienone is 1. The van der Waals surface area contributed by atoms with Crippen LogP contribution in [0.2, 0.25) is 0 Å². The van der Waals surface area contributed by atoms with Crippen molar-refractivity contribution >= 4 is 11.6 Å². The lowest BCUT2D eigenvalue weighted by atomic mass is 9.91. The fourth-order valence-electron chi connectivity index (χ4n) is 3.21. The second-order valence-corrected chi connectivity index (χ2v) is 6.62. The topological polar surface area (TPSA) is 86.5 Å². The molecule has 1 heterocycles. The van der Waals surface area contributed by atoms with Crippen molar-refractivity contribution in [3.8, 4) is 12.1 Å². The summed E-state index contributed by atoms with van der Waals surface area (Å²) in [7, 11) is 0. The van der Waals surface area contributed by atoms with Crippen molar-refractivity contribution in [3.63, 3.8) is 0 Å². The van der Waals surface area contributed by atoms with Crippen molar-refractivity contribution in [2.75, 3.05) is 0 Å². The van der Waals surface area contributed by atoms with Crippen molar-refractivity contribution in [3.05, 3.63) is 119 Å². The molecule has 0 radical (unpaired) electrons. The molecule has 0 unspecified atom stereocenters. The molecule has 0 spiro atoms. The lowest BCUT2D eigenvalue weighted by Crippen LogP contribution is -2.05. The summed E-state index contributed by atoms with van der Waals surface area (Å²) in [4.78, 5) is 4.54. The van der Waals surface area contributed by atoms with Gasteiger partial charge in [-0.05, 0) is 34.9 Å². The largest absolute Gasteiger partial charge is 0.333 e. The molecule has 4 aromatic rings. The van der Waals surface area contributed by atoms with Gasteiger partial charge < -0.3 is 4.52 Å². The summed E-state index contributed by atoms with van der Waals surface area (Å²) in [5, 5.41) is 22.7. The summed E-state index contributed by atoms with van der Waals surface area (Å²) in [6.07, 6.45) is 1.67. The molecule has 30 heavy (non-hydrogen) atoms. The van der Waals surface area contributed by atoms with E-state index in [0.29, 0.717) is 11.4 Å². The van der Waals surface area contributed by atoms with Crippen LogP contribution in [-0.2, 0) is 0 Å². The maximum Gasteiger partial charge on any atom is 0.268 e. The zero-order valence-corrected chi connectivity index (χ0v) is 15.9. The van der Waals surface area contributed by atoms with Crippen LogP contribution in [0.5, 0.6) is 0 Å². The van der Waals surface area contributed by atoms with Gasteiger partial charge in [-0.1, -0.05) is 78.0 Å². The van der Waals surface area contributed by atoms with Gasteiger partial charge in [0.25, 0.3) is 5.89 Å². The van der Waals surface area contributed by atoms with Gasteiger partial charge in [-0.2, -0.15) is 15.5 Å². The SMILES string of the molecule is N#CC(=Cc1ccc(C#N)cc1)c1nc(C(c2ccccc2)c2ccccc2)no1. The minimum Gasteiger partial charge on any atom is -0.333 e. The van der Waals surface area contributed by atoms with Crippen LogP contribution in [0.15, 0.2) is 89.5 Å². The molecule has 1 aromatic heterocycles. The van der Waals surface area contributed by atoms with Crippen LogP contribution in [0.25, 0.3) is 11.6 Å². The molecular weight excluding hydrogens is 372 g/mol. The molecule has 0 aliphatic rings. The lowest BCUT2D eigenvalue weighted by molar-refractivity contribution is 0.401. The smallest absolute Gasteiger partial charge is 0.268 e. The number of nitriles is 2. The highest BCUT2D eigenvalue weighted by Gasteiger charge is 2.23. The first-order chi connectivity index (χ1) is 14.8. The predicted molar refractivity (Wildman–Crippen MR) is 113 cm³/mol. The third kappa shape index (κ3) is 4.01. The summed E-state index contributed by atoms with van der Waals surface area (Å²) in [6.45, 7) is 0. The highest BCUT2D eigenvalue weighted by Crippen LogP contribution is 2.30. The molecule has 0 N–H and O–H groups in total. The standard InChI is InChI=1S/C25H16N4O/c26-16-19-13-11-18(12-14-19)15-22(17-27)25-28-24(29-30-25)23(20-7-3-1-4-8-20)21-9-5-2-6-10-21/h1-15,23H. The Morgan fingerprint density at radius 1 is 0.833 bits per heavy atom. The summed E-state index contributed by atoms with van der Waals surface area (Å²) in [6, 6.07) is 31.0. The minimum atomic E-state index is -0.209. The van der Waals surface area contributed by atoms with Crippen molar-refractivity contribution in [1.82, 2.24) is 10.1 Å². The van der Waals surface area contributed by atoms with E-state index >= 15 is 0 Å². The van der Waals surface area contributed by atoms with E-state index in [-0.39, 0.29) is 17.4 Å². The van der Waals surface area contributed by atoms with Gasteiger partial charge in [-0.3, -0.25) is 0 Å². The first kappa shape index (κ1) is 18.9. The van der Waals surface area contributed by atoms with Crippen LogP contribution in [0.1, 0.15) is 39.9 Å². The molecule has 5 heteroatoms. The lowest BCUT2D eigenvalue weighted by Gasteiger charge is -2.14. The summed E-state index contributed by atoms with van der Waals surface area (Å²) in [5.74, 6) is 0.442. The van der Waals surface area contributed by atoms with Gasteiger partial charge in [0, 0.05) is 0 Å². The zero-order chi connectivity index (χ0) is 20.8. The molecule has 3 aromatic carbocycles. The number of hydrogen-bond donors (Lipinski definition) is 0. The fraction of sp³-hybridized carbons (Fsp3) is 0.0400. The molecule has 142 valence electrons. The Morgan fingerprint density at radius 2 is 1.43 bits per heavy atom. The zero-order valence-electron chi connectivity index (χ0n) is 15.9. The average molecular weight is 388 g/mol. The van der Waals surface area contributed by atoms with Gasteiger partial charge in [0.05, 0.1) is 17.6 Å². The van der Waals surface area contributed by atoms with E-state index < -0.39 is 0 Å². The highest BCUT2D eigenvalue weighted by atomic mass is 16.5. The van der Waals surface area contributed by atoms with E-state index in [2.05, 4.69) is 22.3 Å². The molecule has 0 aliphatic heterocycles. The molecule has 0 saturated carbocycles.